The molecule has 12 nitrogen and oxygen atoms in total. The molecule has 2 aromatic rings. The number of piperidine rings is 1. The first-order chi connectivity index (χ1) is 17.0. The summed E-state index contributed by atoms with van der Waals surface area (Å²) in [6.07, 6.45) is 3.32. The molecule has 1 unspecified atom stereocenters. The normalized spacial score (nSPS) is 19.9. The number of benzene rings is 1. The molecule has 0 bridgehead atoms. The molecule has 1 atom stereocenters. The van der Waals surface area contributed by atoms with Gasteiger partial charge in [-0.05, 0) is 51.3 Å². The second-order valence-electron chi connectivity index (χ2n) is 10.2. The highest BCUT2D eigenvalue weighted by molar-refractivity contribution is 5.74. The summed E-state index contributed by atoms with van der Waals surface area (Å²) < 4.78 is 19.5. The van der Waals surface area contributed by atoms with E-state index in [2.05, 4.69) is 0 Å². The number of aliphatic carboxylic acids is 1. The Morgan fingerprint density at radius 1 is 1.11 bits per heavy atom. The van der Waals surface area contributed by atoms with Crippen LogP contribution in [0, 0.1) is 0 Å². The lowest BCUT2D eigenvalue weighted by molar-refractivity contribution is -0.140. The third-order valence-electron chi connectivity index (χ3n) is 6.64. The Balaban J connectivity index is 1.50. The summed E-state index contributed by atoms with van der Waals surface area (Å²) in [7, 11) is 0. The number of carbonyl (C=O) groups excluding carboxylic acids is 1. The van der Waals surface area contributed by atoms with Gasteiger partial charge in [-0.15, -0.1) is 0 Å². The van der Waals surface area contributed by atoms with Gasteiger partial charge in [-0.3, -0.25) is 0 Å². The van der Waals surface area contributed by atoms with Crippen LogP contribution in [0.1, 0.15) is 45.2 Å². The second kappa shape index (κ2) is 8.32. The van der Waals surface area contributed by atoms with E-state index in [0.29, 0.717) is 29.9 Å². The monoisotopic (exact) mass is 500 g/mol. The highest BCUT2D eigenvalue weighted by atomic mass is 16.7. The highest BCUT2D eigenvalue weighted by Crippen LogP contribution is 2.36. The number of ether oxygens (including phenoxy) is 3. The minimum Gasteiger partial charge on any atom is -0.479 e. The molecule has 4 heterocycles. The van der Waals surface area contributed by atoms with Gasteiger partial charge in [0.25, 0.3) is 0 Å². The average molecular weight is 501 g/mol. The summed E-state index contributed by atoms with van der Waals surface area (Å²) in [5.41, 5.74) is -2.28. The average Bonchev–Trinajstić information content (AvgIpc) is 3.37. The Morgan fingerprint density at radius 2 is 1.81 bits per heavy atom. The number of carboxylic acid groups (broad SMARTS) is 1. The molecule has 36 heavy (non-hydrogen) atoms. The van der Waals surface area contributed by atoms with Crippen LogP contribution < -0.4 is 20.9 Å². The fourth-order valence-corrected chi connectivity index (χ4v) is 4.89. The smallest absolute Gasteiger partial charge is 0.410 e. The minimum atomic E-state index is -1.32. The SMILES string of the molecule is CC(C)(C)OC(=O)N1CCC2(C=CC(C(=O)O)n3c(=O)n(Cc4ccc5c(c4)OCO5)c(=O)n32)CC1. The molecule has 192 valence electrons. The number of allylic oxidation sites excluding steroid dienone is 1. The van der Waals surface area contributed by atoms with Crippen LogP contribution >= 0.6 is 0 Å². The first-order valence-electron chi connectivity index (χ1n) is 11.7. The van der Waals surface area contributed by atoms with E-state index < -0.39 is 40.6 Å². The van der Waals surface area contributed by atoms with Crippen molar-refractivity contribution in [2.24, 2.45) is 0 Å². The summed E-state index contributed by atoms with van der Waals surface area (Å²) in [5.74, 6) is -0.158. The Kier molecular flexibility index (Phi) is 5.49. The molecule has 0 saturated carbocycles. The predicted octanol–water partition coefficient (Wildman–Crippen LogP) is 1.51. The first-order valence-corrected chi connectivity index (χ1v) is 11.7. The van der Waals surface area contributed by atoms with Gasteiger partial charge in [-0.1, -0.05) is 18.2 Å². The number of nitrogens with zero attached hydrogens (tertiary/aromatic N) is 4. The molecule has 5 rings (SSSR count). The van der Waals surface area contributed by atoms with E-state index in [4.69, 9.17) is 14.2 Å². The van der Waals surface area contributed by atoms with Crippen molar-refractivity contribution >= 4 is 12.1 Å². The van der Waals surface area contributed by atoms with Crippen LogP contribution in [0.4, 0.5) is 4.79 Å². The summed E-state index contributed by atoms with van der Waals surface area (Å²) >= 11 is 0. The van der Waals surface area contributed by atoms with Crippen molar-refractivity contribution in [2.45, 2.75) is 57.3 Å². The van der Waals surface area contributed by atoms with Crippen LogP contribution in [0.5, 0.6) is 11.5 Å². The summed E-state index contributed by atoms with van der Waals surface area (Å²) in [6.45, 7) is 5.95. The number of amides is 1. The molecule has 0 aliphatic carbocycles. The van der Waals surface area contributed by atoms with E-state index >= 15 is 0 Å². The number of fused-ring (bicyclic) bond motifs is 3. The molecule has 3 aliphatic heterocycles. The number of carbonyl (C=O) groups is 2. The van der Waals surface area contributed by atoms with Gasteiger partial charge >= 0.3 is 23.4 Å². The molecule has 1 N–H and O–H groups in total. The van der Waals surface area contributed by atoms with E-state index in [1.54, 1.807) is 49.9 Å². The zero-order valence-electron chi connectivity index (χ0n) is 20.3. The lowest BCUT2D eigenvalue weighted by atomic mass is 9.85. The van der Waals surface area contributed by atoms with Gasteiger partial charge in [0, 0.05) is 13.1 Å². The topological polar surface area (TPSA) is 134 Å². The maximum absolute atomic E-state index is 13.6. The van der Waals surface area contributed by atoms with Gasteiger partial charge in [0.2, 0.25) is 6.79 Å². The number of likely N-dealkylation sites (tertiary alicyclic amines) is 1. The quantitative estimate of drug-likeness (QED) is 0.627. The molecule has 1 spiro atoms. The molecule has 3 aliphatic rings. The fourth-order valence-electron chi connectivity index (χ4n) is 4.89. The first kappa shape index (κ1) is 23.8. The largest absolute Gasteiger partial charge is 0.479 e. The van der Waals surface area contributed by atoms with Crippen LogP contribution in [0.2, 0.25) is 0 Å². The Bertz CT molecular complexity index is 1370. The molecule has 1 fully saturated rings. The van der Waals surface area contributed by atoms with Crippen molar-refractivity contribution in [1.82, 2.24) is 18.8 Å². The summed E-state index contributed by atoms with van der Waals surface area (Å²) in [4.78, 5) is 53.1. The number of carboxylic acids is 1. The lowest BCUT2D eigenvalue weighted by Gasteiger charge is -2.43. The van der Waals surface area contributed by atoms with E-state index in [1.807, 2.05) is 0 Å². The van der Waals surface area contributed by atoms with Crippen molar-refractivity contribution in [1.29, 1.82) is 0 Å². The zero-order chi connectivity index (χ0) is 25.8. The van der Waals surface area contributed by atoms with Crippen molar-refractivity contribution in [3.05, 3.63) is 56.9 Å². The molecule has 1 aromatic carbocycles. The van der Waals surface area contributed by atoms with Gasteiger partial charge in [0.15, 0.2) is 17.5 Å². The van der Waals surface area contributed by atoms with Gasteiger partial charge in [0.05, 0.1) is 12.1 Å². The van der Waals surface area contributed by atoms with Gasteiger partial charge in [-0.25, -0.2) is 33.1 Å². The molecular formula is C24H28N4O8. The Labute approximate surface area is 205 Å². The minimum absolute atomic E-state index is 0.0617. The molecule has 1 saturated heterocycles. The predicted molar refractivity (Wildman–Crippen MR) is 125 cm³/mol. The fraction of sp³-hybridized carbons (Fsp3) is 0.500. The highest BCUT2D eigenvalue weighted by Gasteiger charge is 2.44. The van der Waals surface area contributed by atoms with E-state index in [1.165, 1.54) is 10.8 Å². The third kappa shape index (κ3) is 3.95. The molecule has 1 aromatic heterocycles. The number of hydrogen-bond acceptors (Lipinski definition) is 7. The summed E-state index contributed by atoms with van der Waals surface area (Å²) in [6, 6.07) is 3.80. The van der Waals surface area contributed by atoms with Crippen LogP contribution in [-0.4, -0.2) is 61.5 Å². The molecule has 1 amide bonds. The number of aromatic nitrogens is 3. The number of rotatable bonds is 3. The maximum atomic E-state index is 13.6. The van der Waals surface area contributed by atoms with Gasteiger partial charge in [-0.2, -0.15) is 0 Å². The van der Waals surface area contributed by atoms with Crippen LogP contribution in [0.15, 0.2) is 39.9 Å². The van der Waals surface area contributed by atoms with E-state index in [-0.39, 0.29) is 26.4 Å². The van der Waals surface area contributed by atoms with Crippen molar-refractivity contribution in [2.75, 3.05) is 19.9 Å². The van der Waals surface area contributed by atoms with Crippen LogP contribution in [0.3, 0.4) is 0 Å². The van der Waals surface area contributed by atoms with Crippen molar-refractivity contribution < 1.29 is 28.9 Å². The molecule has 0 radical (unpaired) electrons. The van der Waals surface area contributed by atoms with Gasteiger partial charge in [0.1, 0.15) is 5.60 Å². The van der Waals surface area contributed by atoms with E-state index in [9.17, 15) is 24.3 Å². The van der Waals surface area contributed by atoms with E-state index in [0.717, 1.165) is 9.25 Å². The standard InChI is InChI=1S/C24H28N4O8/c1-23(2,3)36-22(33)25-10-8-24(9-11-25)7-6-16(19(29)30)27-20(31)26(21(32)28(24)27)13-15-4-5-17-18(12-15)35-14-34-17/h4-7,12,16H,8-11,13-14H2,1-3H3,(H,29,30). The number of hydrogen-bond donors (Lipinski definition) is 1. The van der Waals surface area contributed by atoms with Crippen molar-refractivity contribution in [3.8, 4) is 11.5 Å². The third-order valence-corrected chi connectivity index (χ3v) is 6.64. The van der Waals surface area contributed by atoms with Crippen LogP contribution in [-0.2, 0) is 21.6 Å². The summed E-state index contributed by atoms with van der Waals surface area (Å²) in [5, 5.41) is 9.78. The maximum Gasteiger partial charge on any atom is 0.410 e. The molecular weight excluding hydrogens is 472 g/mol. The Morgan fingerprint density at radius 3 is 2.47 bits per heavy atom. The second-order valence-corrected chi connectivity index (χ2v) is 10.2. The van der Waals surface area contributed by atoms with Crippen LogP contribution in [0.25, 0.3) is 0 Å². The van der Waals surface area contributed by atoms with Gasteiger partial charge < -0.3 is 24.2 Å². The zero-order valence-corrected chi connectivity index (χ0v) is 20.3. The molecule has 12 heteroatoms. The van der Waals surface area contributed by atoms with Crippen molar-refractivity contribution in [3.63, 3.8) is 0 Å². The Hall–Kier alpha value is -3.96. The lowest BCUT2D eigenvalue weighted by Crippen LogP contribution is -2.54.